The summed E-state index contributed by atoms with van der Waals surface area (Å²) in [6.45, 7) is 9.78. The predicted octanol–water partition coefficient (Wildman–Crippen LogP) is 9.28. The van der Waals surface area contributed by atoms with Gasteiger partial charge in [-0.3, -0.25) is 0 Å². The summed E-state index contributed by atoms with van der Waals surface area (Å²) in [7, 11) is 0. The number of hydrogen-bond donors (Lipinski definition) is 0. The van der Waals surface area contributed by atoms with Crippen LogP contribution in [0.4, 0.5) is 0 Å². The molecule has 0 spiro atoms. The van der Waals surface area contributed by atoms with Gasteiger partial charge in [-0.05, 0) is 62.3 Å². The minimum atomic E-state index is -0.248. The molecule has 1 atom stereocenters. The second-order valence-electron chi connectivity index (χ2n) is 10.1. The lowest BCUT2D eigenvalue weighted by molar-refractivity contribution is -0.206. The van der Waals surface area contributed by atoms with Gasteiger partial charge in [0.05, 0.1) is 19.3 Å². The van der Waals surface area contributed by atoms with Crippen LogP contribution in [0.1, 0.15) is 96.3 Å². The highest BCUT2D eigenvalue weighted by atomic mass is 16.7. The molecule has 1 aliphatic rings. The van der Waals surface area contributed by atoms with E-state index < -0.39 is 0 Å². The molecule has 0 aliphatic carbocycles. The smallest absolute Gasteiger partial charge is 0.183 e. The molecule has 1 fully saturated rings. The van der Waals surface area contributed by atoms with Gasteiger partial charge in [0.1, 0.15) is 5.75 Å². The molecule has 0 saturated carbocycles. The fraction of sp³-hybridized carbons (Fsp3) is 0.562. The molecular formula is C32H46O3. The van der Waals surface area contributed by atoms with Gasteiger partial charge in [0.15, 0.2) is 6.29 Å². The van der Waals surface area contributed by atoms with E-state index in [1.54, 1.807) is 0 Å². The van der Waals surface area contributed by atoms with Crippen LogP contribution in [0.25, 0.3) is 11.1 Å². The van der Waals surface area contributed by atoms with Gasteiger partial charge in [-0.15, -0.1) is 6.58 Å². The van der Waals surface area contributed by atoms with Crippen molar-refractivity contribution in [3.8, 4) is 16.9 Å². The first-order valence-corrected chi connectivity index (χ1v) is 13.9. The van der Waals surface area contributed by atoms with Crippen molar-refractivity contribution >= 4 is 0 Å². The van der Waals surface area contributed by atoms with Crippen molar-refractivity contribution < 1.29 is 14.2 Å². The maximum Gasteiger partial charge on any atom is 0.183 e. The fourth-order valence-electron chi connectivity index (χ4n) is 4.69. The van der Waals surface area contributed by atoms with Gasteiger partial charge in [0, 0.05) is 11.5 Å². The lowest BCUT2D eigenvalue weighted by Crippen LogP contribution is -2.27. The van der Waals surface area contributed by atoms with E-state index in [0.29, 0.717) is 5.92 Å². The molecule has 0 aromatic heterocycles. The van der Waals surface area contributed by atoms with Gasteiger partial charge in [0.2, 0.25) is 0 Å². The van der Waals surface area contributed by atoms with Crippen LogP contribution in [-0.4, -0.2) is 19.3 Å². The number of rotatable bonds is 16. The summed E-state index contributed by atoms with van der Waals surface area (Å²) in [4.78, 5) is 0. The standard InChI is InChI=1S/C32H46O3/c1-4-6-8-10-11-13-15-27-24-33-32(34-25-27)30-18-16-28(17-19-30)29-20-22-31(23-21-29)35-26(3)14-12-9-7-5-2/h4,16-23,26-27,32H,1,5-15,24-25H2,2-3H3/t26-,27-,32-/m0/s1. The molecule has 0 amide bonds. The molecule has 3 heteroatoms. The Morgan fingerprint density at radius 3 is 2.14 bits per heavy atom. The van der Waals surface area contributed by atoms with Crippen molar-refractivity contribution in [1.82, 2.24) is 0 Å². The molecule has 35 heavy (non-hydrogen) atoms. The van der Waals surface area contributed by atoms with Crippen LogP contribution >= 0.6 is 0 Å². The Morgan fingerprint density at radius 2 is 1.49 bits per heavy atom. The van der Waals surface area contributed by atoms with Gasteiger partial charge in [-0.2, -0.15) is 0 Å². The second-order valence-corrected chi connectivity index (χ2v) is 10.1. The molecule has 0 bridgehead atoms. The van der Waals surface area contributed by atoms with E-state index in [0.717, 1.165) is 37.4 Å². The maximum absolute atomic E-state index is 6.10. The molecule has 3 nitrogen and oxygen atoms in total. The lowest BCUT2D eigenvalue weighted by Gasteiger charge is -2.29. The van der Waals surface area contributed by atoms with Crippen LogP contribution < -0.4 is 4.74 Å². The quantitative estimate of drug-likeness (QED) is 0.178. The van der Waals surface area contributed by atoms with Crippen molar-refractivity contribution in [1.29, 1.82) is 0 Å². The monoisotopic (exact) mass is 478 g/mol. The summed E-state index contributed by atoms with van der Waals surface area (Å²) in [5.41, 5.74) is 3.48. The highest BCUT2D eigenvalue weighted by Crippen LogP contribution is 2.30. The van der Waals surface area contributed by atoms with Crippen molar-refractivity contribution in [3.63, 3.8) is 0 Å². The average molecular weight is 479 g/mol. The lowest BCUT2D eigenvalue weighted by atomic mass is 10.0. The van der Waals surface area contributed by atoms with Crippen molar-refractivity contribution in [3.05, 3.63) is 66.7 Å². The molecular weight excluding hydrogens is 432 g/mol. The highest BCUT2D eigenvalue weighted by Gasteiger charge is 2.23. The zero-order valence-electron chi connectivity index (χ0n) is 22.1. The van der Waals surface area contributed by atoms with Crippen LogP contribution in [-0.2, 0) is 9.47 Å². The minimum Gasteiger partial charge on any atom is -0.491 e. The van der Waals surface area contributed by atoms with Crippen molar-refractivity contribution in [2.45, 2.75) is 96.9 Å². The van der Waals surface area contributed by atoms with E-state index in [9.17, 15) is 0 Å². The van der Waals surface area contributed by atoms with Crippen molar-refractivity contribution in [2.75, 3.05) is 13.2 Å². The van der Waals surface area contributed by atoms with Gasteiger partial charge in [0.25, 0.3) is 0 Å². The number of unbranched alkanes of at least 4 members (excludes halogenated alkanes) is 7. The summed E-state index contributed by atoms with van der Waals surface area (Å²) in [5, 5.41) is 0. The zero-order valence-corrected chi connectivity index (χ0v) is 22.1. The molecule has 0 unspecified atom stereocenters. The predicted molar refractivity (Wildman–Crippen MR) is 147 cm³/mol. The second kappa shape index (κ2) is 15.8. The number of allylic oxidation sites excluding steroid dienone is 1. The number of ether oxygens (including phenoxy) is 3. The topological polar surface area (TPSA) is 27.7 Å². The third-order valence-corrected chi connectivity index (χ3v) is 6.91. The Balaban J connectivity index is 1.40. The molecule has 192 valence electrons. The van der Waals surface area contributed by atoms with E-state index in [2.05, 4.69) is 69.0 Å². The van der Waals surface area contributed by atoms with Crippen molar-refractivity contribution in [2.24, 2.45) is 5.92 Å². The third kappa shape index (κ3) is 9.82. The molecule has 1 saturated heterocycles. The van der Waals surface area contributed by atoms with E-state index in [1.807, 2.05) is 6.08 Å². The van der Waals surface area contributed by atoms with Crippen LogP contribution in [0.5, 0.6) is 5.75 Å². The first-order valence-electron chi connectivity index (χ1n) is 13.9. The van der Waals surface area contributed by atoms with Gasteiger partial charge >= 0.3 is 0 Å². The Bertz CT molecular complexity index is 819. The summed E-state index contributed by atoms with van der Waals surface area (Å²) in [5.74, 6) is 1.47. The summed E-state index contributed by atoms with van der Waals surface area (Å²) < 4.78 is 18.2. The Kier molecular flexibility index (Phi) is 12.4. The van der Waals surface area contributed by atoms with E-state index in [4.69, 9.17) is 14.2 Å². The summed E-state index contributed by atoms with van der Waals surface area (Å²) in [6, 6.07) is 17.0. The first kappa shape index (κ1) is 27.5. The van der Waals surface area contributed by atoms with Crippen LogP contribution in [0, 0.1) is 5.92 Å². The Labute approximate surface area is 213 Å². The molecule has 2 aromatic rings. The number of hydrogen-bond acceptors (Lipinski definition) is 3. The SMILES string of the molecule is C=CCCCCCC[C@H]1CO[C@H](c2ccc(-c3ccc(O[C@@H](C)CCCCCC)cc3)cc2)OC1. The van der Waals surface area contributed by atoms with Gasteiger partial charge in [-0.25, -0.2) is 0 Å². The molecule has 3 rings (SSSR count). The van der Waals surface area contributed by atoms with E-state index in [1.165, 1.54) is 68.9 Å². The van der Waals surface area contributed by atoms with Gasteiger partial charge < -0.3 is 14.2 Å². The summed E-state index contributed by atoms with van der Waals surface area (Å²) in [6.07, 6.45) is 15.7. The van der Waals surface area contributed by atoms with Crippen LogP contribution in [0.15, 0.2) is 61.2 Å². The molecule has 0 radical (unpaired) electrons. The average Bonchev–Trinajstić information content (AvgIpc) is 2.90. The minimum absolute atomic E-state index is 0.248. The largest absolute Gasteiger partial charge is 0.491 e. The molecule has 0 N–H and O–H groups in total. The van der Waals surface area contributed by atoms with E-state index in [-0.39, 0.29) is 12.4 Å². The van der Waals surface area contributed by atoms with E-state index >= 15 is 0 Å². The number of benzene rings is 2. The Morgan fingerprint density at radius 1 is 0.857 bits per heavy atom. The normalized spacial score (nSPS) is 18.8. The summed E-state index contributed by atoms with van der Waals surface area (Å²) >= 11 is 0. The zero-order chi connectivity index (χ0) is 24.7. The highest BCUT2D eigenvalue weighted by molar-refractivity contribution is 5.64. The van der Waals surface area contributed by atoms with Crippen LogP contribution in [0.3, 0.4) is 0 Å². The maximum atomic E-state index is 6.10. The van der Waals surface area contributed by atoms with Gasteiger partial charge in [-0.1, -0.05) is 87.9 Å². The van der Waals surface area contributed by atoms with Crippen LogP contribution in [0.2, 0.25) is 0 Å². The Hall–Kier alpha value is -2.10. The first-order chi connectivity index (χ1) is 17.2. The third-order valence-electron chi connectivity index (χ3n) is 6.91. The fourth-order valence-corrected chi connectivity index (χ4v) is 4.69. The molecule has 2 aromatic carbocycles. The molecule has 1 aliphatic heterocycles. The molecule has 1 heterocycles.